The number of imidazole rings is 1. The number of nitrogens with zero attached hydrogens (tertiary/aromatic N) is 2. The minimum Gasteiger partial charge on any atom is -0.293 e. The highest BCUT2D eigenvalue weighted by molar-refractivity contribution is 8.00. The average Bonchev–Trinajstić information content (AvgIpc) is 2.78. The second kappa shape index (κ2) is 6.73. The molecule has 0 atom stereocenters. The molecular formula is C13H6Cl2F6N2OS. The lowest BCUT2D eigenvalue weighted by atomic mass is 10.2. The van der Waals surface area contributed by atoms with E-state index in [1.165, 1.54) is 0 Å². The Kier molecular flexibility index (Phi) is 5.36. The van der Waals surface area contributed by atoms with Gasteiger partial charge in [-0.1, -0.05) is 23.2 Å². The van der Waals surface area contributed by atoms with E-state index in [0.717, 1.165) is 17.7 Å². The van der Waals surface area contributed by atoms with Crippen molar-refractivity contribution in [2.45, 2.75) is 23.6 Å². The van der Waals surface area contributed by atoms with Crippen LogP contribution < -0.4 is 0 Å². The second-order valence-corrected chi connectivity index (χ2v) is 6.56. The predicted molar refractivity (Wildman–Crippen MR) is 80.5 cm³/mol. The number of alkyl halides is 6. The summed E-state index contributed by atoms with van der Waals surface area (Å²) in [6.45, 7) is 1.03. The van der Waals surface area contributed by atoms with Crippen LogP contribution >= 0.6 is 35.0 Å². The van der Waals surface area contributed by atoms with Crippen LogP contribution in [-0.4, -0.2) is 20.8 Å². The van der Waals surface area contributed by atoms with Crippen molar-refractivity contribution in [3.8, 4) is 5.69 Å². The fourth-order valence-electron chi connectivity index (χ4n) is 1.90. The van der Waals surface area contributed by atoms with Gasteiger partial charge in [0.15, 0.2) is 11.6 Å². The Morgan fingerprint density at radius 2 is 1.64 bits per heavy atom. The van der Waals surface area contributed by atoms with Crippen molar-refractivity contribution < 1.29 is 31.1 Å². The first-order valence-electron chi connectivity index (χ1n) is 6.22. The van der Waals surface area contributed by atoms with Crippen molar-refractivity contribution in [3.63, 3.8) is 0 Å². The van der Waals surface area contributed by atoms with Gasteiger partial charge in [-0.05, 0) is 12.1 Å². The highest BCUT2D eigenvalue weighted by atomic mass is 35.5. The van der Waals surface area contributed by atoms with Crippen LogP contribution in [0.2, 0.25) is 10.0 Å². The lowest BCUT2D eigenvalue weighted by molar-refractivity contribution is -0.137. The summed E-state index contributed by atoms with van der Waals surface area (Å²) in [5.74, 6) is -1.17. The maximum Gasteiger partial charge on any atom is 0.447 e. The zero-order valence-electron chi connectivity index (χ0n) is 12.0. The lowest BCUT2D eigenvalue weighted by Crippen LogP contribution is -2.09. The van der Waals surface area contributed by atoms with E-state index in [1.54, 1.807) is 0 Å². The summed E-state index contributed by atoms with van der Waals surface area (Å²) in [4.78, 5) is 15.2. The average molecular weight is 423 g/mol. The molecule has 0 unspecified atom stereocenters. The quantitative estimate of drug-likeness (QED) is 0.345. The number of benzene rings is 1. The van der Waals surface area contributed by atoms with Gasteiger partial charge in [0, 0.05) is 24.9 Å². The maximum atomic E-state index is 12.8. The lowest BCUT2D eigenvalue weighted by Gasteiger charge is -2.14. The third kappa shape index (κ3) is 4.62. The van der Waals surface area contributed by atoms with Crippen molar-refractivity contribution >= 4 is 40.7 Å². The summed E-state index contributed by atoms with van der Waals surface area (Å²) in [7, 11) is 0. The normalized spacial score (nSPS) is 12.5. The Morgan fingerprint density at radius 3 is 2.04 bits per heavy atom. The number of rotatable bonds is 3. The van der Waals surface area contributed by atoms with Crippen LogP contribution in [0.5, 0.6) is 0 Å². The molecular weight excluding hydrogens is 417 g/mol. The number of ketones is 1. The number of aromatic nitrogens is 2. The van der Waals surface area contributed by atoms with E-state index in [1.807, 2.05) is 0 Å². The Bertz CT molecular complexity index is 808. The second-order valence-electron chi connectivity index (χ2n) is 4.66. The largest absolute Gasteiger partial charge is 0.447 e. The van der Waals surface area contributed by atoms with E-state index in [4.69, 9.17) is 23.2 Å². The number of Topliss-reactive ketones (excluding diaryl/α,β-unsaturated/α-hetero) is 1. The Balaban J connectivity index is 2.63. The molecule has 0 spiro atoms. The first-order chi connectivity index (χ1) is 11.3. The van der Waals surface area contributed by atoms with Gasteiger partial charge in [0.1, 0.15) is 5.03 Å². The third-order valence-corrected chi connectivity index (χ3v) is 4.02. The van der Waals surface area contributed by atoms with E-state index in [2.05, 4.69) is 4.98 Å². The van der Waals surface area contributed by atoms with Gasteiger partial charge in [-0.15, -0.1) is 0 Å². The summed E-state index contributed by atoms with van der Waals surface area (Å²) in [6, 6.07) is 1.12. The van der Waals surface area contributed by atoms with Crippen LogP contribution in [0.25, 0.3) is 5.69 Å². The van der Waals surface area contributed by atoms with E-state index in [0.29, 0.717) is 12.1 Å². The molecule has 136 valence electrons. The van der Waals surface area contributed by atoms with Gasteiger partial charge in [-0.3, -0.25) is 9.36 Å². The number of hydrogen-bond donors (Lipinski definition) is 0. The van der Waals surface area contributed by atoms with Gasteiger partial charge in [-0.25, -0.2) is 4.98 Å². The molecule has 0 radical (unpaired) electrons. The molecule has 0 aliphatic rings. The van der Waals surface area contributed by atoms with Crippen molar-refractivity contribution in [1.29, 1.82) is 0 Å². The molecule has 0 aliphatic carbocycles. The minimum atomic E-state index is -4.72. The van der Waals surface area contributed by atoms with Crippen LogP contribution in [-0.2, 0) is 6.18 Å². The van der Waals surface area contributed by atoms with Gasteiger partial charge >= 0.3 is 11.7 Å². The molecule has 0 aliphatic heterocycles. The number of hydrogen-bond acceptors (Lipinski definition) is 3. The molecule has 0 saturated heterocycles. The molecule has 1 aromatic carbocycles. The van der Waals surface area contributed by atoms with Crippen molar-refractivity contribution in [2.75, 3.05) is 0 Å². The van der Waals surface area contributed by atoms with Crippen LogP contribution in [0.3, 0.4) is 0 Å². The Morgan fingerprint density at radius 1 is 1.12 bits per heavy atom. The molecule has 0 saturated carbocycles. The number of carbonyl (C=O) groups excluding carboxylic acids is 1. The van der Waals surface area contributed by atoms with Crippen LogP contribution in [0.15, 0.2) is 23.4 Å². The van der Waals surface area contributed by atoms with Gasteiger partial charge in [0.05, 0.1) is 21.3 Å². The van der Waals surface area contributed by atoms with Crippen LogP contribution in [0, 0.1) is 0 Å². The van der Waals surface area contributed by atoms with Gasteiger partial charge < -0.3 is 0 Å². The molecule has 0 fully saturated rings. The fraction of sp³-hybridized carbons (Fsp3) is 0.231. The molecule has 0 N–H and O–H groups in total. The van der Waals surface area contributed by atoms with Gasteiger partial charge in [0.2, 0.25) is 0 Å². The van der Waals surface area contributed by atoms with E-state index >= 15 is 0 Å². The number of carbonyl (C=O) groups is 1. The molecule has 1 heterocycles. The molecule has 0 amide bonds. The standard InChI is InChI=1S/C13H6Cl2F6N2OS/c1-5(24)11-22-9(25-13(19,20)21)4-23(11)10-7(14)2-6(3-8(10)15)12(16,17)18/h2-4H,1H3. The zero-order valence-corrected chi connectivity index (χ0v) is 14.3. The fourth-order valence-corrected chi connectivity index (χ4v) is 3.10. The predicted octanol–water partition coefficient (Wildman–Crippen LogP) is 6.01. The third-order valence-electron chi connectivity index (χ3n) is 2.80. The molecule has 25 heavy (non-hydrogen) atoms. The number of halogens is 8. The van der Waals surface area contributed by atoms with Crippen molar-refractivity contribution in [2.24, 2.45) is 0 Å². The van der Waals surface area contributed by atoms with Crippen LogP contribution in [0.1, 0.15) is 23.1 Å². The minimum absolute atomic E-state index is 0.275. The SMILES string of the molecule is CC(=O)c1nc(SC(F)(F)F)cn1-c1c(Cl)cc(C(F)(F)F)cc1Cl. The molecule has 2 aromatic rings. The van der Waals surface area contributed by atoms with Crippen molar-refractivity contribution in [1.82, 2.24) is 9.55 Å². The summed E-state index contributed by atoms with van der Waals surface area (Å²) in [6.07, 6.45) is -3.89. The molecule has 2 rings (SSSR count). The molecule has 12 heteroatoms. The Hall–Kier alpha value is -1.39. The smallest absolute Gasteiger partial charge is 0.293 e. The van der Waals surface area contributed by atoms with Crippen LogP contribution in [0.4, 0.5) is 26.3 Å². The van der Waals surface area contributed by atoms with E-state index < -0.39 is 55.7 Å². The highest BCUT2D eigenvalue weighted by Crippen LogP contribution is 2.40. The van der Waals surface area contributed by atoms with Gasteiger partial charge in [0.25, 0.3) is 0 Å². The highest BCUT2D eigenvalue weighted by Gasteiger charge is 2.34. The van der Waals surface area contributed by atoms with Gasteiger partial charge in [-0.2, -0.15) is 26.3 Å². The Labute approximate surface area is 150 Å². The topological polar surface area (TPSA) is 34.9 Å². The zero-order chi connectivity index (χ0) is 19.2. The molecule has 0 bridgehead atoms. The summed E-state index contributed by atoms with van der Waals surface area (Å²) < 4.78 is 76.6. The first-order valence-corrected chi connectivity index (χ1v) is 7.79. The summed E-state index contributed by atoms with van der Waals surface area (Å²) in [5.41, 5.74) is -6.08. The number of thioether (sulfide) groups is 1. The van der Waals surface area contributed by atoms with E-state index in [-0.39, 0.29) is 5.69 Å². The molecule has 3 nitrogen and oxygen atoms in total. The maximum absolute atomic E-state index is 12.8. The summed E-state index contributed by atoms with van der Waals surface area (Å²) in [5, 5.41) is -1.57. The van der Waals surface area contributed by atoms with E-state index in [9.17, 15) is 31.1 Å². The first kappa shape index (κ1) is 19.9. The molecule has 1 aromatic heterocycles. The van der Waals surface area contributed by atoms with Crippen molar-refractivity contribution in [3.05, 3.63) is 39.8 Å². The monoisotopic (exact) mass is 422 g/mol. The summed E-state index contributed by atoms with van der Waals surface area (Å²) >= 11 is 11.1.